The van der Waals surface area contributed by atoms with Crippen molar-refractivity contribution in [1.82, 2.24) is 10.6 Å². The summed E-state index contributed by atoms with van der Waals surface area (Å²) in [7, 11) is 0. The predicted molar refractivity (Wildman–Crippen MR) is 123 cm³/mol. The van der Waals surface area contributed by atoms with E-state index in [9.17, 15) is 9.59 Å². The first-order valence-corrected chi connectivity index (χ1v) is 10.8. The summed E-state index contributed by atoms with van der Waals surface area (Å²) >= 11 is 0. The third-order valence-corrected chi connectivity index (χ3v) is 5.02. The highest BCUT2D eigenvalue weighted by atomic mass is 16.2. The van der Waals surface area contributed by atoms with E-state index in [-0.39, 0.29) is 11.8 Å². The molecule has 0 aliphatic heterocycles. The molecule has 0 fully saturated rings. The molecule has 2 aromatic carbocycles. The fourth-order valence-corrected chi connectivity index (χ4v) is 3.19. The zero-order valence-electron chi connectivity index (χ0n) is 17.7. The maximum Gasteiger partial charge on any atom is 0.251 e. The Kier molecular flexibility index (Phi) is 10.3. The molecule has 2 aromatic rings. The molecule has 0 saturated heterocycles. The summed E-state index contributed by atoms with van der Waals surface area (Å²) in [5.74, 6) is -0.0861. The number of hydrogen-bond acceptors (Lipinski definition) is 4. The van der Waals surface area contributed by atoms with Gasteiger partial charge in [-0.3, -0.25) is 9.59 Å². The minimum Gasteiger partial charge on any atom is -0.399 e. The standard InChI is InChI=1S/C24H34N4O2/c25-21-13-9-19(10-14-21)23(29)27-17-7-5-3-1-2-4-6-8-18-28-24(30)20-11-15-22(26)16-12-20/h9-16H,1-8,17-18,25-26H2,(H,27,29)(H,28,30). The third-order valence-electron chi connectivity index (χ3n) is 5.02. The lowest BCUT2D eigenvalue weighted by molar-refractivity contribution is 0.0944. The number of hydrogen-bond donors (Lipinski definition) is 4. The number of nitrogens with one attached hydrogen (secondary N) is 2. The number of amides is 2. The van der Waals surface area contributed by atoms with E-state index in [0.29, 0.717) is 35.6 Å². The molecule has 6 N–H and O–H groups in total. The van der Waals surface area contributed by atoms with Crippen LogP contribution in [0.5, 0.6) is 0 Å². The van der Waals surface area contributed by atoms with Gasteiger partial charge in [-0.05, 0) is 61.4 Å². The van der Waals surface area contributed by atoms with Crippen molar-refractivity contribution in [3.05, 3.63) is 59.7 Å². The zero-order chi connectivity index (χ0) is 21.6. The molecule has 0 radical (unpaired) electrons. The second-order valence-electron chi connectivity index (χ2n) is 7.58. The Balaban J connectivity index is 1.39. The van der Waals surface area contributed by atoms with E-state index in [0.717, 1.165) is 25.7 Å². The molecule has 0 aliphatic carbocycles. The van der Waals surface area contributed by atoms with Crippen molar-refractivity contribution >= 4 is 23.2 Å². The van der Waals surface area contributed by atoms with Crippen molar-refractivity contribution in [2.24, 2.45) is 0 Å². The van der Waals surface area contributed by atoms with Gasteiger partial charge in [0.2, 0.25) is 0 Å². The van der Waals surface area contributed by atoms with Gasteiger partial charge in [0.15, 0.2) is 0 Å². The van der Waals surface area contributed by atoms with Crippen LogP contribution in [0.15, 0.2) is 48.5 Å². The van der Waals surface area contributed by atoms with Gasteiger partial charge in [-0.2, -0.15) is 0 Å². The van der Waals surface area contributed by atoms with Gasteiger partial charge in [0.05, 0.1) is 0 Å². The lowest BCUT2D eigenvalue weighted by atomic mass is 10.1. The lowest BCUT2D eigenvalue weighted by Gasteiger charge is -2.06. The van der Waals surface area contributed by atoms with Crippen molar-refractivity contribution in [2.45, 2.75) is 51.4 Å². The van der Waals surface area contributed by atoms with Gasteiger partial charge in [0.1, 0.15) is 0 Å². The van der Waals surface area contributed by atoms with E-state index in [1.165, 1.54) is 25.7 Å². The van der Waals surface area contributed by atoms with Gasteiger partial charge in [-0.25, -0.2) is 0 Å². The van der Waals surface area contributed by atoms with Gasteiger partial charge in [0, 0.05) is 35.6 Å². The summed E-state index contributed by atoms with van der Waals surface area (Å²) in [6.45, 7) is 1.41. The van der Waals surface area contributed by atoms with Crippen molar-refractivity contribution in [3.8, 4) is 0 Å². The molecular weight excluding hydrogens is 376 g/mol. The smallest absolute Gasteiger partial charge is 0.251 e. The van der Waals surface area contributed by atoms with E-state index in [4.69, 9.17) is 11.5 Å². The summed E-state index contributed by atoms with van der Waals surface area (Å²) in [5.41, 5.74) is 13.9. The van der Waals surface area contributed by atoms with Crippen LogP contribution < -0.4 is 22.1 Å². The summed E-state index contributed by atoms with van der Waals surface area (Å²) in [6.07, 6.45) is 9.04. The van der Waals surface area contributed by atoms with Crippen LogP contribution in [-0.4, -0.2) is 24.9 Å². The first kappa shape index (κ1) is 23.3. The first-order valence-electron chi connectivity index (χ1n) is 10.8. The molecule has 0 atom stereocenters. The molecule has 0 aliphatic rings. The highest BCUT2D eigenvalue weighted by molar-refractivity contribution is 5.94. The number of nitrogen functional groups attached to an aromatic ring is 2. The molecule has 0 aromatic heterocycles. The number of anilines is 2. The molecule has 6 nitrogen and oxygen atoms in total. The topological polar surface area (TPSA) is 110 Å². The number of unbranched alkanes of at least 4 members (excludes halogenated alkanes) is 7. The monoisotopic (exact) mass is 410 g/mol. The molecular formula is C24H34N4O2. The van der Waals surface area contributed by atoms with E-state index >= 15 is 0 Å². The number of benzene rings is 2. The van der Waals surface area contributed by atoms with Gasteiger partial charge >= 0.3 is 0 Å². The Morgan fingerprint density at radius 3 is 1.17 bits per heavy atom. The van der Waals surface area contributed by atoms with E-state index in [2.05, 4.69) is 10.6 Å². The number of rotatable bonds is 13. The average Bonchev–Trinajstić information content (AvgIpc) is 2.75. The van der Waals surface area contributed by atoms with Crippen LogP contribution in [0.3, 0.4) is 0 Å². The molecule has 2 amide bonds. The van der Waals surface area contributed by atoms with E-state index in [1.54, 1.807) is 48.5 Å². The number of carbonyl (C=O) groups excluding carboxylic acids is 2. The van der Waals surface area contributed by atoms with Crippen LogP contribution in [0.25, 0.3) is 0 Å². The fourth-order valence-electron chi connectivity index (χ4n) is 3.19. The summed E-state index contributed by atoms with van der Waals surface area (Å²) in [6, 6.07) is 13.9. The minimum atomic E-state index is -0.0431. The molecule has 0 spiro atoms. The van der Waals surface area contributed by atoms with E-state index in [1.807, 2.05) is 0 Å². The summed E-state index contributed by atoms with van der Waals surface area (Å²) < 4.78 is 0. The van der Waals surface area contributed by atoms with Crippen LogP contribution in [0, 0.1) is 0 Å². The molecule has 0 bridgehead atoms. The molecule has 30 heavy (non-hydrogen) atoms. The quantitative estimate of drug-likeness (QED) is 0.294. The average molecular weight is 411 g/mol. The van der Waals surface area contributed by atoms with Crippen LogP contribution in [-0.2, 0) is 0 Å². The van der Waals surface area contributed by atoms with Crippen LogP contribution >= 0.6 is 0 Å². The Labute approximate surface area is 179 Å². The highest BCUT2D eigenvalue weighted by Crippen LogP contribution is 2.09. The van der Waals surface area contributed by atoms with Crippen LogP contribution in [0.2, 0.25) is 0 Å². The third kappa shape index (κ3) is 8.99. The molecule has 0 saturated carbocycles. The zero-order valence-corrected chi connectivity index (χ0v) is 17.7. The lowest BCUT2D eigenvalue weighted by Crippen LogP contribution is -2.24. The van der Waals surface area contributed by atoms with Crippen LogP contribution in [0.1, 0.15) is 72.1 Å². The van der Waals surface area contributed by atoms with Gasteiger partial charge < -0.3 is 22.1 Å². The highest BCUT2D eigenvalue weighted by Gasteiger charge is 2.04. The van der Waals surface area contributed by atoms with Gasteiger partial charge in [0.25, 0.3) is 11.8 Å². The Hall–Kier alpha value is -3.02. The Bertz CT molecular complexity index is 705. The number of nitrogens with two attached hydrogens (primary N) is 2. The largest absolute Gasteiger partial charge is 0.399 e. The molecule has 0 heterocycles. The summed E-state index contributed by atoms with van der Waals surface area (Å²) in [4.78, 5) is 23.9. The normalized spacial score (nSPS) is 10.5. The predicted octanol–water partition coefficient (Wildman–Crippen LogP) is 4.13. The van der Waals surface area contributed by atoms with Crippen molar-refractivity contribution < 1.29 is 9.59 Å². The fraction of sp³-hybridized carbons (Fsp3) is 0.417. The maximum absolute atomic E-state index is 12.0. The van der Waals surface area contributed by atoms with Crippen LogP contribution in [0.4, 0.5) is 11.4 Å². The molecule has 6 heteroatoms. The Morgan fingerprint density at radius 2 is 0.833 bits per heavy atom. The summed E-state index contributed by atoms with van der Waals surface area (Å²) in [5, 5.41) is 5.89. The van der Waals surface area contributed by atoms with Crippen molar-refractivity contribution in [2.75, 3.05) is 24.6 Å². The molecule has 162 valence electrons. The second kappa shape index (κ2) is 13.2. The van der Waals surface area contributed by atoms with Gasteiger partial charge in [-0.1, -0.05) is 38.5 Å². The Morgan fingerprint density at radius 1 is 0.533 bits per heavy atom. The van der Waals surface area contributed by atoms with Crippen molar-refractivity contribution in [3.63, 3.8) is 0 Å². The number of carbonyl (C=O) groups is 2. The minimum absolute atomic E-state index is 0.0431. The van der Waals surface area contributed by atoms with Gasteiger partial charge in [-0.15, -0.1) is 0 Å². The maximum atomic E-state index is 12.0. The second-order valence-corrected chi connectivity index (χ2v) is 7.58. The SMILES string of the molecule is Nc1ccc(C(=O)NCCCCCCCCCCNC(=O)c2ccc(N)cc2)cc1. The van der Waals surface area contributed by atoms with Crippen molar-refractivity contribution in [1.29, 1.82) is 0 Å². The first-order chi connectivity index (χ1) is 14.6. The van der Waals surface area contributed by atoms with E-state index < -0.39 is 0 Å². The molecule has 2 rings (SSSR count). The molecule has 0 unspecified atom stereocenters.